The summed E-state index contributed by atoms with van der Waals surface area (Å²) in [5, 5.41) is 16.8. The van der Waals surface area contributed by atoms with Gasteiger partial charge < -0.3 is 15.4 Å². The smallest absolute Gasteiger partial charge is 0.269 e. The number of nitro benzene ring substituents is 1. The molecule has 2 N–H and O–H groups in total. The summed E-state index contributed by atoms with van der Waals surface area (Å²) in [6.07, 6.45) is 0. The van der Waals surface area contributed by atoms with Crippen LogP contribution in [0.25, 0.3) is 0 Å². The molecule has 3 aromatic carbocycles. The summed E-state index contributed by atoms with van der Waals surface area (Å²) in [5.74, 6) is -0.672. The van der Waals surface area contributed by atoms with E-state index in [1.807, 2.05) is 0 Å². The molecule has 0 aliphatic carbocycles. The van der Waals surface area contributed by atoms with Gasteiger partial charge in [-0.05, 0) is 48.5 Å². The number of nitro groups is 1. The van der Waals surface area contributed by atoms with Gasteiger partial charge in [0, 0.05) is 28.3 Å². The highest BCUT2D eigenvalue weighted by molar-refractivity contribution is 6.35. The average molecular weight is 460 g/mol. The Labute approximate surface area is 186 Å². The Balaban J connectivity index is 1.83. The van der Waals surface area contributed by atoms with Crippen molar-refractivity contribution in [3.8, 4) is 5.75 Å². The van der Waals surface area contributed by atoms with Gasteiger partial charge in [0.15, 0.2) is 0 Å². The third-order valence-electron chi connectivity index (χ3n) is 4.23. The van der Waals surface area contributed by atoms with Gasteiger partial charge in [-0.2, -0.15) is 0 Å². The van der Waals surface area contributed by atoms with E-state index in [-0.39, 0.29) is 22.5 Å². The normalized spacial score (nSPS) is 10.3. The van der Waals surface area contributed by atoms with E-state index in [9.17, 15) is 19.7 Å². The van der Waals surface area contributed by atoms with E-state index in [0.29, 0.717) is 21.5 Å². The number of anilines is 2. The summed E-state index contributed by atoms with van der Waals surface area (Å²) < 4.78 is 5.25. The van der Waals surface area contributed by atoms with Gasteiger partial charge in [-0.15, -0.1) is 0 Å². The molecule has 0 fully saturated rings. The van der Waals surface area contributed by atoms with Crippen LogP contribution >= 0.6 is 23.2 Å². The molecule has 10 heteroatoms. The van der Waals surface area contributed by atoms with Gasteiger partial charge >= 0.3 is 0 Å². The molecule has 0 heterocycles. The number of hydrogen-bond acceptors (Lipinski definition) is 5. The molecule has 0 saturated heterocycles. The lowest BCUT2D eigenvalue weighted by Gasteiger charge is -2.13. The zero-order chi connectivity index (χ0) is 22.5. The molecule has 0 aromatic heterocycles. The van der Waals surface area contributed by atoms with Gasteiger partial charge in [0.25, 0.3) is 17.5 Å². The Morgan fingerprint density at radius 1 is 0.871 bits per heavy atom. The van der Waals surface area contributed by atoms with E-state index >= 15 is 0 Å². The second kappa shape index (κ2) is 9.46. The van der Waals surface area contributed by atoms with E-state index in [1.165, 1.54) is 55.6 Å². The molecule has 0 aliphatic heterocycles. The third kappa shape index (κ3) is 5.30. The van der Waals surface area contributed by atoms with E-state index in [4.69, 9.17) is 27.9 Å². The summed E-state index contributed by atoms with van der Waals surface area (Å²) in [7, 11) is 1.42. The fourth-order valence-electron chi connectivity index (χ4n) is 2.66. The molecule has 3 aromatic rings. The molecular weight excluding hydrogens is 445 g/mol. The first kappa shape index (κ1) is 22.1. The van der Waals surface area contributed by atoms with Crippen molar-refractivity contribution in [2.24, 2.45) is 0 Å². The third-order valence-corrected chi connectivity index (χ3v) is 4.79. The molecule has 0 saturated carbocycles. The topological polar surface area (TPSA) is 111 Å². The number of ether oxygens (including phenoxy) is 1. The van der Waals surface area contributed by atoms with Crippen molar-refractivity contribution in [1.82, 2.24) is 0 Å². The first-order valence-electron chi connectivity index (χ1n) is 8.78. The Kier molecular flexibility index (Phi) is 6.74. The van der Waals surface area contributed by atoms with Gasteiger partial charge in [0.1, 0.15) is 5.75 Å². The summed E-state index contributed by atoms with van der Waals surface area (Å²) >= 11 is 12.0. The molecule has 0 bridgehead atoms. The molecule has 3 rings (SSSR count). The molecular formula is C21H15Cl2N3O5. The minimum atomic E-state index is -0.557. The van der Waals surface area contributed by atoms with Gasteiger partial charge in [-0.3, -0.25) is 19.7 Å². The maximum atomic E-state index is 12.7. The largest absolute Gasteiger partial charge is 0.495 e. The van der Waals surface area contributed by atoms with Crippen molar-refractivity contribution in [3.05, 3.63) is 92.0 Å². The quantitative estimate of drug-likeness (QED) is 0.377. The van der Waals surface area contributed by atoms with Gasteiger partial charge in [0.2, 0.25) is 0 Å². The number of halogens is 2. The first-order chi connectivity index (χ1) is 14.8. The van der Waals surface area contributed by atoms with E-state index < -0.39 is 16.7 Å². The van der Waals surface area contributed by atoms with Crippen LogP contribution in [0.4, 0.5) is 17.1 Å². The Bertz CT molecular complexity index is 1170. The summed E-state index contributed by atoms with van der Waals surface area (Å²) in [4.78, 5) is 35.4. The second-order valence-corrected chi connectivity index (χ2v) is 7.10. The number of methoxy groups -OCH3 is 1. The predicted octanol–water partition coefficient (Wildman–Crippen LogP) is 5.41. The first-order valence-corrected chi connectivity index (χ1v) is 9.54. The van der Waals surface area contributed by atoms with Gasteiger partial charge in [0.05, 0.1) is 28.4 Å². The standard InChI is InChI=1S/C21H15Cl2N3O5/c1-31-19-9-4-13(21(28)24-17-11-14(22)5-8-16(17)23)10-18(19)25-20(27)12-2-6-15(7-3-12)26(29)30/h2-11H,1H3,(H,24,28)(H,25,27). The number of nitrogens with zero attached hydrogens (tertiary/aromatic N) is 1. The lowest BCUT2D eigenvalue weighted by atomic mass is 10.1. The average Bonchev–Trinajstić information content (AvgIpc) is 2.76. The van der Waals surface area contributed by atoms with Gasteiger partial charge in [-0.25, -0.2) is 0 Å². The van der Waals surface area contributed by atoms with Crippen LogP contribution in [0.2, 0.25) is 10.0 Å². The van der Waals surface area contributed by atoms with Crippen LogP contribution in [0.3, 0.4) is 0 Å². The maximum Gasteiger partial charge on any atom is 0.269 e. The number of nitrogens with one attached hydrogen (secondary N) is 2. The van der Waals surface area contributed by atoms with Crippen molar-refractivity contribution >= 4 is 52.1 Å². The minimum Gasteiger partial charge on any atom is -0.495 e. The van der Waals surface area contributed by atoms with E-state index in [2.05, 4.69) is 10.6 Å². The number of carbonyl (C=O) groups is 2. The number of carbonyl (C=O) groups excluding carboxylic acids is 2. The molecule has 8 nitrogen and oxygen atoms in total. The highest BCUT2D eigenvalue weighted by atomic mass is 35.5. The highest BCUT2D eigenvalue weighted by Crippen LogP contribution is 2.29. The van der Waals surface area contributed by atoms with Crippen molar-refractivity contribution in [2.45, 2.75) is 0 Å². The molecule has 0 radical (unpaired) electrons. The van der Waals surface area contributed by atoms with Crippen LogP contribution in [-0.2, 0) is 0 Å². The monoisotopic (exact) mass is 459 g/mol. The van der Waals surface area contributed by atoms with Crippen molar-refractivity contribution in [3.63, 3.8) is 0 Å². The Hall–Kier alpha value is -3.62. The molecule has 0 spiro atoms. The van der Waals surface area contributed by atoms with Crippen molar-refractivity contribution < 1.29 is 19.2 Å². The molecule has 158 valence electrons. The second-order valence-electron chi connectivity index (χ2n) is 6.25. The van der Waals surface area contributed by atoms with Crippen molar-refractivity contribution in [2.75, 3.05) is 17.7 Å². The number of rotatable bonds is 6. The summed E-state index contributed by atoms with van der Waals surface area (Å²) in [5.41, 5.74) is 0.888. The number of hydrogen-bond donors (Lipinski definition) is 2. The van der Waals surface area contributed by atoms with Crippen LogP contribution < -0.4 is 15.4 Å². The van der Waals surface area contributed by atoms with E-state index in [0.717, 1.165) is 0 Å². The molecule has 0 aliphatic rings. The number of non-ortho nitro benzene ring substituents is 1. The molecule has 31 heavy (non-hydrogen) atoms. The van der Waals surface area contributed by atoms with Crippen LogP contribution in [-0.4, -0.2) is 23.8 Å². The van der Waals surface area contributed by atoms with Crippen LogP contribution in [0, 0.1) is 10.1 Å². The zero-order valence-electron chi connectivity index (χ0n) is 16.0. The fourth-order valence-corrected chi connectivity index (χ4v) is 3.00. The number of amides is 2. The fraction of sp³-hybridized carbons (Fsp3) is 0.0476. The highest BCUT2D eigenvalue weighted by Gasteiger charge is 2.16. The Morgan fingerprint density at radius 3 is 2.13 bits per heavy atom. The minimum absolute atomic E-state index is 0.132. The number of benzene rings is 3. The van der Waals surface area contributed by atoms with Crippen LogP contribution in [0.15, 0.2) is 60.7 Å². The predicted molar refractivity (Wildman–Crippen MR) is 118 cm³/mol. The lowest BCUT2D eigenvalue weighted by molar-refractivity contribution is -0.384. The summed E-state index contributed by atoms with van der Waals surface area (Å²) in [6, 6.07) is 14.3. The van der Waals surface area contributed by atoms with Crippen LogP contribution in [0.1, 0.15) is 20.7 Å². The maximum absolute atomic E-state index is 12.7. The zero-order valence-corrected chi connectivity index (χ0v) is 17.5. The van der Waals surface area contributed by atoms with Crippen molar-refractivity contribution in [1.29, 1.82) is 0 Å². The molecule has 2 amide bonds. The molecule has 0 atom stereocenters. The Morgan fingerprint density at radius 2 is 1.48 bits per heavy atom. The van der Waals surface area contributed by atoms with Gasteiger partial charge in [-0.1, -0.05) is 23.2 Å². The van der Waals surface area contributed by atoms with Crippen LogP contribution in [0.5, 0.6) is 5.75 Å². The molecule has 0 unspecified atom stereocenters. The summed E-state index contributed by atoms with van der Waals surface area (Å²) in [6.45, 7) is 0. The SMILES string of the molecule is COc1ccc(C(=O)Nc2cc(Cl)ccc2Cl)cc1NC(=O)c1ccc([N+](=O)[O-])cc1. The lowest BCUT2D eigenvalue weighted by Crippen LogP contribution is -2.15. The van der Waals surface area contributed by atoms with E-state index in [1.54, 1.807) is 12.1 Å².